The van der Waals surface area contributed by atoms with Crippen LogP contribution < -0.4 is 11.1 Å². The number of nitrogens with zero attached hydrogens (tertiary/aromatic N) is 3. The van der Waals surface area contributed by atoms with E-state index in [0.717, 1.165) is 38.7 Å². The van der Waals surface area contributed by atoms with Crippen LogP contribution in [0.15, 0.2) is 72.8 Å². The van der Waals surface area contributed by atoms with E-state index in [-0.39, 0.29) is 6.04 Å². The number of H-pyrrole nitrogens is 1. The maximum absolute atomic E-state index is 6.37. The van der Waals surface area contributed by atoms with Crippen LogP contribution in [0.1, 0.15) is 11.3 Å². The lowest BCUT2D eigenvalue weighted by Gasteiger charge is -2.12. The van der Waals surface area contributed by atoms with Crippen LogP contribution in [0.3, 0.4) is 0 Å². The summed E-state index contributed by atoms with van der Waals surface area (Å²) >= 11 is 1.53. The molecular formula is C25H24N6S. The van der Waals surface area contributed by atoms with Crippen LogP contribution in [0.25, 0.3) is 32.6 Å². The van der Waals surface area contributed by atoms with Crippen molar-refractivity contribution in [2.24, 2.45) is 5.73 Å². The summed E-state index contributed by atoms with van der Waals surface area (Å²) in [5.74, 6) is 0. The summed E-state index contributed by atoms with van der Waals surface area (Å²) in [6.07, 6.45) is 0.796. The number of rotatable bonds is 7. The van der Waals surface area contributed by atoms with Crippen LogP contribution >= 0.6 is 11.3 Å². The molecule has 0 saturated carbocycles. The number of aromatic amines is 1. The molecule has 2 heterocycles. The van der Waals surface area contributed by atoms with Gasteiger partial charge in [0.05, 0.1) is 5.52 Å². The minimum atomic E-state index is -0.0187. The summed E-state index contributed by atoms with van der Waals surface area (Å²) in [5.41, 5.74) is 13.1. The molecule has 6 nitrogen and oxygen atoms in total. The first-order valence-corrected chi connectivity index (χ1v) is 11.4. The molecule has 1 atom stereocenters. The highest BCUT2D eigenvalue weighted by molar-refractivity contribution is 7.18. The molecule has 0 bridgehead atoms. The standard InChI is InChI=1S/C25H24N6S/c1-16-22-14-20(11-12-23(22)29-28-16)24-30-31-25(32-24)27-15-21(26)13-17-7-9-19(10-8-17)18-5-3-2-4-6-18/h2-12,14,21H,13,15,26H2,1H3,(H,27,31)(H,28,29)/t21-/m1/s1. The van der Waals surface area contributed by atoms with E-state index in [2.05, 4.69) is 80.3 Å². The zero-order valence-electron chi connectivity index (χ0n) is 17.7. The molecule has 7 heteroatoms. The van der Waals surface area contributed by atoms with Gasteiger partial charge in [-0.1, -0.05) is 65.9 Å². The Morgan fingerprint density at radius 3 is 2.50 bits per heavy atom. The van der Waals surface area contributed by atoms with Gasteiger partial charge in [0.25, 0.3) is 0 Å². The second-order valence-electron chi connectivity index (χ2n) is 7.90. The van der Waals surface area contributed by atoms with Gasteiger partial charge in [0.15, 0.2) is 0 Å². The van der Waals surface area contributed by atoms with Gasteiger partial charge in [-0.3, -0.25) is 5.10 Å². The molecule has 0 amide bonds. The molecule has 160 valence electrons. The maximum atomic E-state index is 6.37. The highest BCUT2D eigenvalue weighted by Crippen LogP contribution is 2.29. The molecule has 5 rings (SSSR count). The molecule has 0 saturated heterocycles. The number of hydrogen-bond acceptors (Lipinski definition) is 6. The number of fused-ring (bicyclic) bond motifs is 1. The Morgan fingerprint density at radius 1 is 0.938 bits per heavy atom. The zero-order chi connectivity index (χ0) is 21.9. The van der Waals surface area contributed by atoms with Gasteiger partial charge in [0.2, 0.25) is 5.13 Å². The summed E-state index contributed by atoms with van der Waals surface area (Å²) in [7, 11) is 0. The van der Waals surface area contributed by atoms with Crippen LogP contribution in [-0.2, 0) is 6.42 Å². The topological polar surface area (TPSA) is 92.5 Å². The Balaban J connectivity index is 1.19. The fraction of sp³-hybridized carbons (Fsp3) is 0.160. The van der Waals surface area contributed by atoms with Gasteiger partial charge < -0.3 is 11.1 Å². The fourth-order valence-corrected chi connectivity index (χ4v) is 4.49. The first kappa shape index (κ1) is 20.4. The van der Waals surface area contributed by atoms with Crippen molar-refractivity contribution in [3.05, 3.63) is 84.1 Å². The Morgan fingerprint density at radius 2 is 1.69 bits per heavy atom. The van der Waals surface area contributed by atoms with E-state index in [1.807, 2.05) is 25.1 Å². The highest BCUT2D eigenvalue weighted by Gasteiger charge is 2.11. The van der Waals surface area contributed by atoms with Gasteiger partial charge in [-0.05, 0) is 48.2 Å². The van der Waals surface area contributed by atoms with E-state index < -0.39 is 0 Å². The molecule has 0 radical (unpaired) electrons. The average molecular weight is 441 g/mol. The Hall–Kier alpha value is -3.55. The quantitative estimate of drug-likeness (QED) is 0.330. The third-order valence-electron chi connectivity index (χ3n) is 5.49. The fourth-order valence-electron chi connectivity index (χ4n) is 3.74. The number of aryl methyl sites for hydroxylation is 1. The number of benzene rings is 3. The van der Waals surface area contributed by atoms with Crippen LogP contribution in [0.2, 0.25) is 0 Å². The minimum Gasteiger partial charge on any atom is -0.359 e. The maximum Gasteiger partial charge on any atom is 0.206 e. The second-order valence-corrected chi connectivity index (χ2v) is 8.88. The van der Waals surface area contributed by atoms with Crippen molar-refractivity contribution in [3.63, 3.8) is 0 Å². The number of nitrogens with one attached hydrogen (secondary N) is 2. The van der Waals surface area contributed by atoms with Crippen molar-refractivity contribution in [3.8, 4) is 21.7 Å². The van der Waals surface area contributed by atoms with Crippen LogP contribution in [-0.4, -0.2) is 33.0 Å². The summed E-state index contributed by atoms with van der Waals surface area (Å²) in [6, 6.07) is 25.1. The molecular weight excluding hydrogens is 416 g/mol. The minimum absolute atomic E-state index is 0.0187. The SMILES string of the molecule is Cc1[nH]nc2ccc(-c3nnc(NC[C@H](N)Cc4ccc(-c5ccccc5)cc4)s3)cc12. The summed E-state index contributed by atoms with van der Waals surface area (Å²) in [4.78, 5) is 0. The molecule has 0 aliphatic carbocycles. The first-order valence-electron chi connectivity index (χ1n) is 10.6. The molecule has 5 aromatic rings. The number of nitrogens with two attached hydrogens (primary N) is 1. The predicted octanol–water partition coefficient (Wildman–Crippen LogP) is 5.04. The van der Waals surface area contributed by atoms with Crippen molar-refractivity contribution in [1.29, 1.82) is 0 Å². The Bertz CT molecular complexity index is 1320. The van der Waals surface area contributed by atoms with Gasteiger partial charge in [-0.15, -0.1) is 10.2 Å². The molecule has 0 fully saturated rings. The predicted molar refractivity (Wildman–Crippen MR) is 132 cm³/mol. The van der Waals surface area contributed by atoms with E-state index in [0.29, 0.717) is 6.54 Å². The van der Waals surface area contributed by atoms with Crippen molar-refractivity contribution < 1.29 is 0 Å². The molecule has 0 aliphatic rings. The molecule has 0 unspecified atom stereocenters. The molecule has 2 aromatic heterocycles. The molecule has 32 heavy (non-hydrogen) atoms. The van der Waals surface area contributed by atoms with Crippen LogP contribution in [0, 0.1) is 6.92 Å². The normalized spacial score (nSPS) is 12.2. The van der Waals surface area contributed by atoms with Crippen LogP contribution in [0.4, 0.5) is 5.13 Å². The lowest BCUT2D eigenvalue weighted by Crippen LogP contribution is -2.31. The summed E-state index contributed by atoms with van der Waals surface area (Å²) in [5, 5.41) is 22.0. The largest absolute Gasteiger partial charge is 0.359 e. The van der Waals surface area contributed by atoms with E-state index in [9.17, 15) is 0 Å². The lowest BCUT2D eigenvalue weighted by molar-refractivity contribution is 0.698. The Labute approximate surface area is 190 Å². The molecule has 0 aliphatic heterocycles. The summed E-state index contributed by atoms with van der Waals surface area (Å²) in [6.45, 7) is 2.65. The third kappa shape index (κ3) is 4.39. The highest BCUT2D eigenvalue weighted by atomic mass is 32.1. The van der Waals surface area contributed by atoms with Crippen molar-refractivity contribution in [2.45, 2.75) is 19.4 Å². The van der Waals surface area contributed by atoms with E-state index in [1.54, 1.807) is 0 Å². The number of anilines is 1. The third-order valence-corrected chi connectivity index (χ3v) is 6.42. The monoisotopic (exact) mass is 440 g/mol. The van der Waals surface area contributed by atoms with Gasteiger partial charge in [0, 0.05) is 29.2 Å². The van der Waals surface area contributed by atoms with Crippen molar-refractivity contribution in [1.82, 2.24) is 20.4 Å². The van der Waals surface area contributed by atoms with Gasteiger partial charge in [-0.2, -0.15) is 5.10 Å². The number of hydrogen-bond donors (Lipinski definition) is 3. The van der Waals surface area contributed by atoms with Crippen molar-refractivity contribution in [2.75, 3.05) is 11.9 Å². The second kappa shape index (κ2) is 8.90. The van der Waals surface area contributed by atoms with Crippen LogP contribution in [0.5, 0.6) is 0 Å². The lowest BCUT2D eigenvalue weighted by atomic mass is 10.0. The smallest absolute Gasteiger partial charge is 0.206 e. The van der Waals surface area contributed by atoms with E-state index in [4.69, 9.17) is 5.73 Å². The number of aromatic nitrogens is 4. The first-order chi connectivity index (χ1) is 15.7. The van der Waals surface area contributed by atoms with Gasteiger partial charge in [0.1, 0.15) is 5.01 Å². The van der Waals surface area contributed by atoms with E-state index >= 15 is 0 Å². The summed E-state index contributed by atoms with van der Waals surface area (Å²) < 4.78 is 0. The molecule has 4 N–H and O–H groups in total. The Kier molecular flexibility index (Phi) is 5.66. The molecule has 0 spiro atoms. The van der Waals surface area contributed by atoms with Crippen molar-refractivity contribution >= 4 is 27.4 Å². The molecule has 3 aromatic carbocycles. The zero-order valence-corrected chi connectivity index (χ0v) is 18.6. The van der Waals surface area contributed by atoms with E-state index in [1.165, 1.54) is 28.0 Å². The van der Waals surface area contributed by atoms with Gasteiger partial charge in [-0.25, -0.2) is 0 Å². The van der Waals surface area contributed by atoms with Gasteiger partial charge >= 0.3 is 0 Å². The average Bonchev–Trinajstić information content (AvgIpc) is 3.45.